The number of aliphatic hydroxyl groups is 1. The van der Waals surface area contributed by atoms with E-state index < -0.39 is 35.8 Å². The number of carbonyl (C=O) groups is 4. The van der Waals surface area contributed by atoms with Gasteiger partial charge in [0.15, 0.2) is 0 Å². The fourth-order valence-electron chi connectivity index (χ4n) is 9.82. The van der Waals surface area contributed by atoms with Crippen LogP contribution in [0.4, 0.5) is 39.5 Å². The summed E-state index contributed by atoms with van der Waals surface area (Å²) in [6.07, 6.45) is 6.44. The van der Waals surface area contributed by atoms with E-state index in [2.05, 4.69) is 15.9 Å². The van der Waals surface area contributed by atoms with Crippen LogP contribution >= 0.6 is 50.7 Å². The van der Waals surface area contributed by atoms with Crippen molar-refractivity contribution in [2.24, 2.45) is 0 Å². The fraction of sp³-hybridized carbons (Fsp3) is 0.205. The molecule has 0 saturated carbocycles. The number of aryl methyl sites for hydroxylation is 3. The molecular weight excluding hydrogens is 1510 g/mol. The van der Waals surface area contributed by atoms with Gasteiger partial charge in [0.05, 0.1) is 11.1 Å². The quantitative estimate of drug-likeness (QED) is 0.0220. The summed E-state index contributed by atoms with van der Waals surface area (Å²) in [6, 6.07) is 61.5. The molecule has 0 saturated heterocycles. The summed E-state index contributed by atoms with van der Waals surface area (Å²) in [5.41, 5.74) is 6.11. The summed E-state index contributed by atoms with van der Waals surface area (Å²) >= 11 is 20.2. The van der Waals surface area contributed by atoms with Gasteiger partial charge in [-0.25, -0.2) is 44.3 Å². The summed E-state index contributed by atoms with van der Waals surface area (Å²) in [5, 5.41) is 25.1. The van der Waals surface area contributed by atoms with Crippen LogP contribution in [0.5, 0.6) is 11.5 Å². The molecule has 1 aliphatic heterocycles. The van der Waals surface area contributed by atoms with Gasteiger partial charge in [0.25, 0.3) is 11.8 Å². The number of halogens is 13. The lowest BCUT2D eigenvalue weighted by Gasteiger charge is -2.22. The van der Waals surface area contributed by atoms with Gasteiger partial charge in [0.2, 0.25) is 0 Å². The van der Waals surface area contributed by atoms with Crippen LogP contribution in [-0.4, -0.2) is 74.8 Å². The standard InChI is InChI=1S/C23H17F2NO3.C15H13ClF2O.C9H9BrClF.C9H10ClF.C9H9FO2.C9H7FO2.C9H11FO/c24-16-6-3-5-15(13-16)21(29-18-8-4-7-17(25)14-18)11-12-26-22(27)19-9-1-2-10-20(19)23(26)28;16-8-7-15(11-3-1-4-12(17)9-11)19-14-6-2-5-13(18)10-14;10-9(4-5-11)7-2-1-3-8(12)6-7;10-6-2-4-8-3-1-5-9(11)7-8;2*10-8-3-1-2-7(6-8)4-5-9(11)12;10-9-5-1-3-8(7-9)4-2-6-11/h1-10,13-14,21H,11-12H2;1-6,9-10,15H,7-8H2;1-3,6,9H,4-5H2;1,3,5,7H,2,4,6H2;1-3,6H,4-5H2,(H,11,12);1-6H,(H,11,12);1,3,5,7,11H,2,4,6H2/b;;;;;5-4+;. The summed E-state index contributed by atoms with van der Waals surface area (Å²) in [5.74, 6) is -3.25. The maximum absolute atomic E-state index is 13.7. The third kappa shape index (κ3) is 33.6. The Bertz CT molecular complexity index is 4300. The van der Waals surface area contributed by atoms with Gasteiger partial charge in [-0.3, -0.25) is 19.3 Å². The van der Waals surface area contributed by atoms with Gasteiger partial charge in [-0.15, -0.1) is 34.8 Å². The van der Waals surface area contributed by atoms with Crippen LogP contribution < -0.4 is 9.47 Å². The summed E-state index contributed by atoms with van der Waals surface area (Å²) in [6.45, 7) is 0.249. The van der Waals surface area contributed by atoms with Crippen LogP contribution in [0.1, 0.15) is 115 Å². The SMILES string of the molecule is Fc1cccc(C(Br)CCCl)c1.Fc1cccc(CCCCl)c1.Fc1cccc(OC(CCCl)c2cccc(F)c2)c1.O=C(O)/C=C/c1cccc(F)c1.O=C(O)CCc1cccc(F)c1.O=C1c2ccccc2C(=O)N1CCC(Oc1cccc(F)c1)c1cccc(F)c1.OCCCc1cccc(F)c1. The van der Waals surface area contributed by atoms with Gasteiger partial charge < -0.3 is 24.8 Å². The molecule has 3 unspecified atom stereocenters. The van der Waals surface area contributed by atoms with E-state index in [0.717, 1.165) is 58.9 Å². The van der Waals surface area contributed by atoms with Crippen molar-refractivity contribution in [3.05, 3.63) is 351 Å². The van der Waals surface area contributed by atoms with Crippen LogP contribution in [0.15, 0.2) is 249 Å². The lowest BCUT2D eigenvalue weighted by molar-refractivity contribution is -0.137. The Morgan fingerprint density at radius 3 is 1.20 bits per heavy atom. The van der Waals surface area contributed by atoms with Crippen LogP contribution in [-0.2, 0) is 28.9 Å². The third-order valence-corrected chi connectivity index (χ3v) is 16.5. The van der Waals surface area contributed by atoms with Crippen LogP contribution in [0.3, 0.4) is 0 Å². The number of benzene rings is 10. The number of carbonyl (C=O) groups excluding carboxylic acids is 2. The molecule has 10 nitrogen and oxygen atoms in total. The number of ether oxygens (including phenoxy) is 2. The normalized spacial score (nSPS) is 11.8. The number of carboxylic acids is 2. The van der Waals surface area contributed by atoms with E-state index >= 15 is 0 Å². The van der Waals surface area contributed by atoms with Gasteiger partial charge >= 0.3 is 11.9 Å². The summed E-state index contributed by atoms with van der Waals surface area (Å²) < 4.78 is 128. The molecule has 0 bridgehead atoms. The molecule has 3 N–H and O–H groups in total. The van der Waals surface area contributed by atoms with Gasteiger partial charge in [0, 0.05) is 73.1 Å². The minimum absolute atomic E-state index is 0.0451. The number of aliphatic hydroxyl groups excluding tert-OH is 1. The topological polar surface area (TPSA) is 151 Å². The zero-order chi connectivity index (χ0) is 77.2. The largest absolute Gasteiger partial charge is 0.486 e. The lowest BCUT2D eigenvalue weighted by Crippen LogP contribution is -2.32. The Labute approximate surface area is 633 Å². The molecule has 11 rings (SSSR count). The van der Waals surface area contributed by atoms with E-state index in [-0.39, 0.29) is 89.1 Å². The molecule has 10 aromatic rings. The molecule has 0 spiro atoms. The second-order valence-electron chi connectivity index (χ2n) is 22.9. The number of aliphatic carboxylic acids is 2. The molecule has 0 aromatic heterocycles. The first kappa shape index (κ1) is 86.9. The molecule has 0 aliphatic carbocycles. The van der Waals surface area contributed by atoms with Crippen LogP contribution in [0, 0.1) is 52.4 Å². The highest BCUT2D eigenvalue weighted by Gasteiger charge is 2.35. The lowest BCUT2D eigenvalue weighted by atomic mass is 10.1. The fourth-order valence-corrected chi connectivity index (χ4v) is 11.1. The molecule has 1 heterocycles. The van der Waals surface area contributed by atoms with Crippen LogP contribution in [0.25, 0.3) is 6.08 Å². The number of hydrogen-bond acceptors (Lipinski definition) is 7. The van der Waals surface area contributed by atoms with Crippen molar-refractivity contribution in [3.63, 3.8) is 0 Å². The van der Waals surface area contributed by atoms with Gasteiger partial charge in [0.1, 0.15) is 76.1 Å². The highest BCUT2D eigenvalue weighted by atomic mass is 79.9. The van der Waals surface area contributed by atoms with E-state index in [9.17, 15) is 58.7 Å². The van der Waals surface area contributed by atoms with E-state index in [1.54, 1.807) is 109 Å². The zero-order valence-electron chi connectivity index (χ0n) is 57.0. The van der Waals surface area contributed by atoms with E-state index in [0.29, 0.717) is 70.5 Å². The number of amides is 2. The number of rotatable bonds is 25. The maximum atomic E-state index is 13.7. The van der Waals surface area contributed by atoms with E-state index in [1.807, 2.05) is 18.2 Å². The van der Waals surface area contributed by atoms with Gasteiger partial charge in [-0.1, -0.05) is 125 Å². The van der Waals surface area contributed by atoms with Crippen molar-refractivity contribution in [2.45, 2.75) is 74.8 Å². The predicted octanol–water partition coefficient (Wildman–Crippen LogP) is 21.9. The molecule has 1 aliphatic rings. The summed E-state index contributed by atoms with van der Waals surface area (Å²) in [4.78, 5) is 46.7. The van der Waals surface area contributed by atoms with Crippen molar-refractivity contribution in [1.29, 1.82) is 0 Å². The minimum Gasteiger partial charge on any atom is -0.486 e. The van der Waals surface area contributed by atoms with Crippen molar-refractivity contribution in [3.8, 4) is 11.5 Å². The Morgan fingerprint density at radius 1 is 0.425 bits per heavy atom. The average molecular weight is 1590 g/mol. The Balaban J connectivity index is 0.000000231. The number of fused-ring (bicyclic) bond motifs is 1. The van der Waals surface area contributed by atoms with Crippen molar-refractivity contribution in [2.75, 3.05) is 30.8 Å². The Morgan fingerprint density at radius 2 is 0.802 bits per heavy atom. The number of alkyl halides is 4. The molecule has 3 atom stereocenters. The third-order valence-electron chi connectivity index (χ3n) is 14.8. The number of hydrogen-bond donors (Lipinski definition) is 3. The summed E-state index contributed by atoms with van der Waals surface area (Å²) in [7, 11) is 0. The first-order valence-corrected chi connectivity index (χ1v) is 35.6. The molecule has 106 heavy (non-hydrogen) atoms. The molecule has 558 valence electrons. The molecule has 0 fully saturated rings. The number of imide groups is 1. The van der Waals surface area contributed by atoms with Gasteiger partial charge in [-0.05, 0) is 205 Å². The minimum atomic E-state index is -1.04. The Hall–Kier alpha value is -9.70. The molecule has 10 aromatic carbocycles. The maximum Gasteiger partial charge on any atom is 0.328 e. The monoisotopic (exact) mass is 1590 g/mol. The molecular formula is C83H76BrCl3F9NO9. The first-order chi connectivity index (χ1) is 51.0. The second kappa shape index (κ2) is 48.4. The number of carboxylic acid groups (broad SMARTS) is 2. The zero-order valence-corrected chi connectivity index (χ0v) is 60.9. The van der Waals surface area contributed by atoms with Crippen molar-refractivity contribution in [1.82, 2.24) is 4.90 Å². The molecule has 0 radical (unpaired) electrons. The highest BCUT2D eigenvalue weighted by Crippen LogP contribution is 2.31. The van der Waals surface area contributed by atoms with Crippen molar-refractivity contribution >= 4 is 80.6 Å². The van der Waals surface area contributed by atoms with Gasteiger partial charge in [-0.2, -0.15) is 0 Å². The highest BCUT2D eigenvalue weighted by molar-refractivity contribution is 9.09. The van der Waals surface area contributed by atoms with Crippen LogP contribution in [0.2, 0.25) is 0 Å². The number of nitrogens with zero attached hydrogens (tertiary/aromatic N) is 1. The average Bonchev–Trinajstić information content (AvgIpc) is 1.64. The molecule has 2 amide bonds. The smallest absolute Gasteiger partial charge is 0.328 e. The second-order valence-corrected chi connectivity index (χ2v) is 25.2. The Kier molecular flexibility index (Phi) is 39.7. The predicted molar refractivity (Wildman–Crippen MR) is 400 cm³/mol. The van der Waals surface area contributed by atoms with E-state index in [4.69, 9.17) is 59.6 Å². The van der Waals surface area contributed by atoms with E-state index in [1.165, 1.54) is 121 Å². The first-order valence-electron chi connectivity index (χ1n) is 33.1. The molecule has 23 heteroatoms. The van der Waals surface area contributed by atoms with Crippen molar-refractivity contribution < 1.29 is 83.5 Å².